The van der Waals surface area contributed by atoms with Gasteiger partial charge in [0, 0.05) is 19.0 Å². The van der Waals surface area contributed by atoms with Crippen LogP contribution in [-0.2, 0) is 25.3 Å². The van der Waals surface area contributed by atoms with Crippen molar-refractivity contribution in [3.8, 4) is 11.9 Å². The second kappa shape index (κ2) is 11.1. The molecule has 0 bridgehead atoms. The van der Waals surface area contributed by atoms with Crippen LogP contribution in [0.3, 0.4) is 0 Å². The molecule has 1 aliphatic rings. The number of rotatable bonds is 8. The molecule has 0 unspecified atom stereocenters. The van der Waals surface area contributed by atoms with Crippen LogP contribution >= 0.6 is 0 Å². The number of benzene rings is 1. The van der Waals surface area contributed by atoms with E-state index < -0.39 is 39.4 Å². The minimum atomic E-state index is -3.95. The zero-order chi connectivity index (χ0) is 25.6. The molecule has 12 heteroatoms. The SMILES string of the molecule is CCOC(=O)c1cc(C#N)c(N2CCC(C(=O)NS(=O)(=O)Cc3ccc(F)cc3)CC2)nc1OC. The normalized spacial score (nSPS) is 14.2. The Hall–Kier alpha value is -3.72. The lowest BCUT2D eigenvalue weighted by Crippen LogP contribution is -2.43. The Morgan fingerprint density at radius 2 is 1.91 bits per heavy atom. The molecular weight excluding hydrogens is 479 g/mol. The number of nitriles is 1. The summed E-state index contributed by atoms with van der Waals surface area (Å²) >= 11 is 0. The van der Waals surface area contributed by atoms with Crippen molar-refractivity contribution in [2.24, 2.45) is 5.92 Å². The fourth-order valence-electron chi connectivity index (χ4n) is 3.75. The quantitative estimate of drug-likeness (QED) is 0.536. The van der Waals surface area contributed by atoms with Crippen molar-refractivity contribution in [3.05, 3.63) is 52.8 Å². The van der Waals surface area contributed by atoms with E-state index in [-0.39, 0.29) is 23.6 Å². The van der Waals surface area contributed by atoms with Gasteiger partial charge in [0.05, 0.1) is 25.0 Å². The Morgan fingerprint density at radius 1 is 1.26 bits per heavy atom. The predicted molar refractivity (Wildman–Crippen MR) is 124 cm³/mol. The van der Waals surface area contributed by atoms with Gasteiger partial charge in [-0.3, -0.25) is 9.52 Å². The van der Waals surface area contributed by atoms with Gasteiger partial charge >= 0.3 is 5.97 Å². The minimum Gasteiger partial charge on any atom is -0.480 e. The van der Waals surface area contributed by atoms with Crippen LogP contribution in [-0.4, -0.2) is 52.1 Å². The first-order chi connectivity index (χ1) is 16.7. The molecular formula is C23H25FN4O6S. The summed E-state index contributed by atoms with van der Waals surface area (Å²) in [5.74, 6) is -2.43. The molecule has 2 heterocycles. The molecule has 186 valence electrons. The average molecular weight is 505 g/mol. The van der Waals surface area contributed by atoms with E-state index in [4.69, 9.17) is 9.47 Å². The molecule has 0 radical (unpaired) electrons. The van der Waals surface area contributed by atoms with E-state index >= 15 is 0 Å². The maximum atomic E-state index is 13.0. The Labute approximate surface area is 202 Å². The second-order valence-electron chi connectivity index (χ2n) is 7.86. The minimum absolute atomic E-state index is 0.0178. The Kier molecular flexibility index (Phi) is 8.24. The van der Waals surface area contributed by atoms with Gasteiger partial charge in [0.25, 0.3) is 0 Å². The van der Waals surface area contributed by atoms with Crippen molar-refractivity contribution < 1.29 is 31.9 Å². The predicted octanol–water partition coefficient (Wildman–Crippen LogP) is 2.14. The third-order valence-corrected chi connectivity index (χ3v) is 6.69. The van der Waals surface area contributed by atoms with Crippen LogP contribution in [0.1, 0.15) is 41.3 Å². The molecule has 0 aliphatic carbocycles. The van der Waals surface area contributed by atoms with E-state index in [1.54, 1.807) is 11.8 Å². The summed E-state index contributed by atoms with van der Waals surface area (Å²) in [6.45, 7) is 2.48. The van der Waals surface area contributed by atoms with Crippen LogP contribution in [0.25, 0.3) is 0 Å². The third kappa shape index (κ3) is 6.45. The van der Waals surface area contributed by atoms with Gasteiger partial charge in [-0.25, -0.2) is 17.6 Å². The topological polar surface area (TPSA) is 139 Å². The summed E-state index contributed by atoms with van der Waals surface area (Å²) < 4.78 is 50.1. The molecule has 10 nitrogen and oxygen atoms in total. The number of anilines is 1. The number of hydrogen-bond acceptors (Lipinski definition) is 9. The third-order valence-electron chi connectivity index (χ3n) is 5.47. The second-order valence-corrected chi connectivity index (χ2v) is 9.58. The lowest BCUT2D eigenvalue weighted by molar-refractivity contribution is -0.123. The molecule has 2 aromatic rings. The van der Waals surface area contributed by atoms with Gasteiger partial charge in [-0.05, 0) is 43.5 Å². The number of amides is 1. The number of sulfonamides is 1. The summed E-state index contributed by atoms with van der Waals surface area (Å²) in [5.41, 5.74) is 0.547. The molecule has 1 aromatic heterocycles. The molecule has 1 N–H and O–H groups in total. The van der Waals surface area contributed by atoms with Crippen molar-refractivity contribution in [1.29, 1.82) is 5.26 Å². The number of ether oxygens (including phenoxy) is 2. The number of methoxy groups -OCH3 is 1. The number of esters is 1. The van der Waals surface area contributed by atoms with Crippen LogP contribution in [0.15, 0.2) is 30.3 Å². The van der Waals surface area contributed by atoms with Gasteiger partial charge in [-0.15, -0.1) is 0 Å². The van der Waals surface area contributed by atoms with E-state index in [0.717, 1.165) is 12.1 Å². The summed E-state index contributed by atoms with van der Waals surface area (Å²) in [7, 11) is -2.60. The number of halogens is 1. The van der Waals surface area contributed by atoms with Crippen molar-refractivity contribution >= 4 is 27.7 Å². The first-order valence-corrected chi connectivity index (χ1v) is 12.5. The lowest BCUT2D eigenvalue weighted by atomic mass is 9.96. The van der Waals surface area contributed by atoms with Gasteiger partial charge in [-0.2, -0.15) is 10.2 Å². The Bertz CT molecular complexity index is 1240. The molecule has 1 aromatic carbocycles. The highest BCUT2D eigenvalue weighted by molar-refractivity contribution is 7.89. The van der Waals surface area contributed by atoms with Crippen molar-refractivity contribution in [2.75, 3.05) is 31.7 Å². The van der Waals surface area contributed by atoms with Gasteiger partial charge < -0.3 is 14.4 Å². The molecule has 1 aliphatic heterocycles. The van der Waals surface area contributed by atoms with Crippen molar-refractivity contribution in [1.82, 2.24) is 9.71 Å². The van der Waals surface area contributed by atoms with Crippen LogP contribution in [0.5, 0.6) is 5.88 Å². The molecule has 1 fully saturated rings. The molecule has 1 amide bonds. The average Bonchev–Trinajstić information content (AvgIpc) is 2.84. The largest absolute Gasteiger partial charge is 0.480 e. The fraction of sp³-hybridized carbons (Fsp3) is 0.391. The van der Waals surface area contributed by atoms with E-state index in [2.05, 4.69) is 9.71 Å². The maximum absolute atomic E-state index is 13.0. The van der Waals surface area contributed by atoms with Gasteiger partial charge in [0.2, 0.25) is 21.8 Å². The highest BCUT2D eigenvalue weighted by atomic mass is 32.2. The molecule has 0 spiro atoms. The van der Waals surface area contributed by atoms with E-state index in [1.807, 2.05) is 6.07 Å². The summed E-state index contributed by atoms with van der Waals surface area (Å²) in [5, 5.41) is 9.59. The maximum Gasteiger partial charge on any atom is 0.343 e. The zero-order valence-electron chi connectivity index (χ0n) is 19.3. The first kappa shape index (κ1) is 25.9. The van der Waals surface area contributed by atoms with Crippen LogP contribution < -0.4 is 14.4 Å². The monoisotopic (exact) mass is 504 g/mol. The number of carbonyl (C=O) groups is 2. The van der Waals surface area contributed by atoms with E-state index in [1.165, 1.54) is 25.3 Å². The van der Waals surface area contributed by atoms with Crippen LogP contribution in [0.2, 0.25) is 0 Å². The van der Waals surface area contributed by atoms with Crippen molar-refractivity contribution in [2.45, 2.75) is 25.5 Å². The van der Waals surface area contributed by atoms with Crippen LogP contribution in [0, 0.1) is 23.1 Å². The number of aromatic nitrogens is 1. The number of carbonyl (C=O) groups excluding carboxylic acids is 2. The zero-order valence-corrected chi connectivity index (χ0v) is 20.1. The number of pyridine rings is 1. The van der Waals surface area contributed by atoms with Crippen molar-refractivity contribution in [3.63, 3.8) is 0 Å². The highest BCUT2D eigenvalue weighted by Crippen LogP contribution is 2.29. The Morgan fingerprint density at radius 3 is 2.49 bits per heavy atom. The van der Waals surface area contributed by atoms with E-state index in [0.29, 0.717) is 37.3 Å². The molecule has 0 saturated carbocycles. The van der Waals surface area contributed by atoms with Gasteiger partial charge in [0.1, 0.15) is 17.4 Å². The highest BCUT2D eigenvalue weighted by Gasteiger charge is 2.30. The number of nitrogens with one attached hydrogen (secondary N) is 1. The summed E-state index contributed by atoms with van der Waals surface area (Å²) in [6, 6.07) is 8.38. The number of nitrogens with zero attached hydrogens (tertiary/aromatic N) is 3. The fourth-order valence-corrected chi connectivity index (χ4v) is 4.92. The smallest absolute Gasteiger partial charge is 0.343 e. The molecule has 1 saturated heterocycles. The number of hydrogen-bond donors (Lipinski definition) is 1. The first-order valence-electron chi connectivity index (χ1n) is 10.9. The summed E-state index contributed by atoms with van der Waals surface area (Å²) in [6.07, 6.45) is 0.652. The van der Waals surface area contributed by atoms with Crippen LogP contribution in [0.4, 0.5) is 10.2 Å². The van der Waals surface area contributed by atoms with E-state index in [9.17, 15) is 27.7 Å². The van der Waals surface area contributed by atoms with Gasteiger partial charge in [-0.1, -0.05) is 12.1 Å². The molecule has 35 heavy (non-hydrogen) atoms. The van der Waals surface area contributed by atoms with Gasteiger partial charge in [0.15, 0.2) is 5.82 Å². The molecule has 3 rings (SSSR count). The lowest BCUT2D eigenvalue weighted by Gasteiger charge is -2.32. The standard InChI is InChI=1S/C23H25FN4O6S/c1-3-34-23(30)19-12-17(13-25)20(26-22(19)33-2)28-10-8-16(9-11-28)21(29)27-35(31,32)14-15-4-6-18(24)7-5-15/h4-7,12,16H,3,8-11,14H2,1-2H3,(H,27,29). The Balaban J connectivity index is 1.67. The number of piperidine rings is 1. The summed E-state index contributed by atoms with van der Waals surface area (Å²) in [4.78, 5) is 30.9. The molecule has 0 atom stereocenters.